The summed E-state index contributed by atoms with van der Waals surface area (Å²) in [6.45, 7) is 4.11. The van der Waals surface area contributed by atoms with Gasteiger partial charge in [0.05, 0.1) is 13.7 Å². The number of hydrogen-bond acceptors (Lipinski definition) is 4. The maximum absolute atomic E-state index is 12.1. The van der Waals surface area contributed by atoms with E-state index >= 15 is 0 Å². The molecule has 1 atom stereocenters. The van der Waals surface area contributed by atoms with E-state index in [1.807, 2.05) is 24.3 Å². The number of hydrogen-bond donors (Lipinski definition) is 0. The van der Waals surface area contributed by atoms with E-state index in [9.17, 15) is 4.57 Å². The van der Waals surface area contributed by atoms with Crippen molar-refractivity contribution in [1.82, 2.24) is 0 Å². The average molecular weight is 270 g/mol. The molecule has 1 aromatic carbocycles. The van der Waals surface area contributed by atoms with Crippen molar-refractivity contribution >= 4 is 13.7 Å². The summed E-state index contributed by atoms with van der Waals surface area (Å²) in [6, 6.07) is 7.90. The van der Waals surface area contributed by atoms with Gasteiger partial charge >= 0.3 is 7.60 Å². The number of aryl methyl sites for hydroxylation is 1. The third-order valence-electron chi connectivity index (χ3n) is 2.36. The quantitative estimate of drug-likeness (QED) is 0.426. The summed E-state index contributed by atoms with van der Waals surface area (Å²) in [5.41, 5.74) is 2.17. The van der Waals surface area contributed by atoms with Gasteiger partial charge < -0.3 is 4.52 Å². The molecule has 1 aromatic rings. The van der Waals surface area contributed by atoms with E-state index in [0.717, 1.165) is 12.0 Å². The molecule has 18 heavy (non-hydrogen) atoms. The minimum absolute atomic E-state index is 0.292. The van der Waals surface area contributed by atoms with Crippen LogP contribution in [0.3, 0.4) is 0 Å². The van der Waals surface area contributed by atoms with Crippen LogP contribution in [0.4, 0.5) is 0 Å². The van der Waals surface area contributed by atoms with Crippen LogP contribution in [0.15, 0.2) is 30.1 Å². The van der Waals surface area contributed by atoms with Crippen molar-refractivity contribution in [3.8, 4) is 0 Å². The van der Waals surface area contributed by atoms with Crippen molar-refractivity contribution in [2.24, 2.45) is 0 Å². The fourth-order valence-corrected chi connectivity index (χ4v) is 2.65. The molecule has 1 unspecified atom stereocenters. The summed E-state index contributed by atoms with van der Waals surface area (Å²) in [6.07, 6.45) is 2.65. The zero-order valence-corrected chi connectivity index (χ0v) is 11.9. The first-order chi connectivity index (χ1) is 8.65. The van der Waals surface area contributed by atoms with Crippen LogP contribution in [0.1, 0.15) is 25.0 Å². The van der Waals surface area contributed by atoms with Crippen molar-refractivity contribution in [1.29, 1.82) is 0 Å². The van der Waals surface area contributed by atoms with Crippen molar-refractivity contribution in [2.75, 3.05) is 13.7 Å². The van der Waals surface area contributed by atoms with Gasteiger partial charge in [-0.3, -0.25) is 4.57 Å². The molecule has 0 amide bonds. The maximum Gasteiger partial charge on any atom is 0.381 e. The lowest BCUT2D eigenvalue weighted by atomic mass is 10.1. The molecule has 0 aliphatic heterocycles. The lowest BCUT2D eigenvalue weighted by molar-refractivity contribution is -0.185. The van der Waals surface area contributed by atoms with Gasteiger partial charge in [0.2, 0.25) is 0 Å². The lowest BCUT2D eigenvalue weighted by Crippen LogP contribution is -1.92. The first kappa shape index (κ1) is 15.1. The van der Waals surface area contributed by atoms with Gasteiger partial charge in [-0.2, -0.15) is 0 Å². The zero-order chi connectivity index (χ0) is 13.4. The molecule has 0 aliphatic rings. The van der Waals surface area contributed by atoms with Crippen LogP contribution in [0.25, 0.3) is 6.08 Å². The largest absolute Gasteiger partial charge is 0.381 e. The third kappa shape index (κ3) is 4.39. The molecule has 0 aliphatic carbocycles. The molecule has 0 bridgehead atoms. The molecule has 0 N–H and O–H groups in total. The molecule has 0 saturated heterocycles. The van der Waals surface area contributed by atoms with Crippen molar-refractivity contribution < 1.29 is 18.7 Å². The predicted molar refractivity (Wildman–Crippen MR) is 72.2 cm³/mol. The molecule has 4 nitrogen and oxygen atoms in total. The third-order valence-corrected chi connectivity index (χ3v) is 3.85. The van der Waals surface area contributed by atoms with Crippen LogP contribution >= 0.6 is 7.60 Å². The molecule has 0 heterocycles. The van der Waals surface area contributed by atoms with E-state index in [-0.39, 0.29) is 0 Å². The van der Waals surface area contributed by atoms with E-state index in [1.165, 1.54) is 18.5 Å². The molecular formula is C13H19O4P. The summed E-state index contributed by atoms with van der Waals surface area (Å²) in [7, 11) is -2.01. The minimum Gasteiger partial charge on any atom is -0.304 e. The monoisotopic (exact) mass is 270 g/mol. The van der Waals surface area contributed by atoms with Crippen LogP contribution in [0.5, 0.6) is 0 Å². The Morgan fingerprint density at radius 2 is 2.00 bits per heavy atom. The summed E-state index contributed by atoms with van der Waals surface area (Å²) in [4.78, 5) is 4.47. The second-order valence-electron chi connectivity index (χ2n) is 3.57. The molecule has 1 rings (SSSR count). The van der Waals surface area contributed by atoms with Gasteiger partial charge in [0, 0.05) is 5.82 Å². The summed E-state index contributed by atoms with van der Waals surface area (Å²) < 4.78 is 21.9. The van der Waals surface area contributed by atoms with Gasteiger partial charge in [0.1, 0.15) is 0 Å². The van der Waals surface area contributed by atoms with E-state index < -0.39 is 7.60 Å². The standard InChI is InChI=1S/C13H19O4P/c1-4-12-8-6-7-9-13(12)10-11-18(14,16-5-2)17-15-3/h6-11H,4-5H2,1-3H3/b11-10+. The van der Waals surface area contributed by atoms with E-state index in [2.05, 4.69) is 11.8 Å². The Hall–Kier alpha value is -0.930. The molecule has 0 radical (unpaired) electrons. The molecule has 5 heteroatoms. The number of benzene rings is 1. The maximum atomic E-state index is 12.1. The van der Waals surface area contributed by atoms with Gasteiger partial charge in [-0.1, -0.05) is 31.2 Å². The van der Waals surface area contributed by atoms with Crippen molar-refractivity contribution in [3.63, 3.8) is 0 Å². The molecule has 0 spiro atoms. The molecule has 0 saturated carbocycles. The number of rotatable bonds is 7. The highest BCUT2D eigenvalue weighted by molar-refractivity contribution is 7.57. The zero-order valence-electron chi connectivity index (χ0n) is 11.0. The Morgan fingerprint density at radius 3 is 2.61 bits per heavy atom. The SMILES string of the molecule is CCOP(=O)(/C=C/c1ccccc1CC)OOC. The Balaban J connectivity index is 2.92. The second kappa shape index (κ2) is 7.49. The average Bonchev–Trinajstić information content (AvgIpc) is 2.37. The van der Waals surface area contributed by atoms with Crippen molar-refractivity contribution in [3.05, 3.63) is 41.2 Å². The fourth-order valence-electron chi connectivity index (χ4n) is 1.56. The van der Waals surface area contributed by atoms with Gasteiger partial charge in [0.25, 0.3) is 0 Å². The summed E-state index contributed by atoms with van der Waals surface area (Å²) in [5, 5.41) is 0. The molecule has 0 fully saturated rings. The Morgan fingerprint density at radius 1 is 1.28 bits per heavy atom. The van der Waals surface area contributed by atoms with Crippen molar-refractivity contribution in [2.45, 2.75) is 20.3 Å². The Bertz CT molecular complexity index is 432. The second-order valence-corrected chi connectivity index (χ2v) is 5.35. The molecular weight excluding hydrogens is 251 g/mol. The van der Waals surface area contributed by atoms with Crippen LogP contribution in [0, 0.1) is 0 Å². The Kier molecular flexibility index (Phi) is 6.30. The van der Waals surface area contributed by atoms with Crippen LogP contribution in [-0.4, -0.2) is 13.7 Å². The van der Waals surface area contributed by atoms with Crippen LogP contribution < -0.4 is 0 Å². The lowest BCUT2D eigenvalue weighted by Gasteiger charge is -2.11. The predicted octanol–water partition coefficient (Wildman–Crippen LogP) is 4.03. The Labute approximate surface area is 108 Å². The molecule has 100 valence electrons. The van der Waals surface area contributed by atoms with Crippen LogP contribution in [0.2, 0.25) is 0 Å². The van der Waals surface area contributed by atoms with Gasteiger partial charge in [-0.05, 0) is 30.5 Å². The van der Waals surface area contributed by atoms with E-state index in [0.29, 0.717) is 6.61 Å². The normalized spacial score (nSPS) is 14.8. The van der Waals surface area contributed by atoms with Gasteiger partial charge in [0.15, 0.2) is 0 Å². The van der Waals surface area contributed by atoms with Gasteiger partial charge in [-0.25, -0.2) is 4.89 Å². The highest BCUT2D eigenvalue weighted by Gasteiger charge is 2.20. The van der Waals surface area contributed by atoms with Gasteiger partial charge in [-0.15, -0.1) is 4.67 Å². The van der Waals surface area contributed by atoms with E-state index in [1.54, 1.807) is 13.0 Å². The summed E-state index contributed by atoms with van der Waals surface area (Å²) >= 11 is 0. The van der Waals surface area contributed by atoms with Crippen LogP contribution in [-0.2, 0) is 25.1 Å². The first-order valence-electron chi connectivity index (χ1n) is 5.89. The highest BCUT2D eigenvalue weighted by Crippen LogP contribution is 2.50. The highest BCUT2D eigenvalue weighted by atomic mass is 31.2. The molecule has 0 aromatic heterocycles. The topological polar surface area (TPSA) is 44.8 Å². The summed E-state index contributed by atoms with van der Waals surface area (Å²) in [5.74, 6) is 1.43. The van der Waals surface area contributed by atoms with E-state index in [4.69, 9.17) is 9.20 Å². The smallest absolute Gasteiger partial charge is 0.304 e. The first-order valence-corrected chi connectivity index (χ1v) is 7.50. The minimum atomic E-state index is -3.32. The fraction of sp³-hybridized carbons (Fsp3) is 0.385.